The predicted octanol–water partition coefficient (Wildman–Crippen LogP) is 1.33. The second-order valence-corrected chi connectivity index (χ2v) is 2.79. The quantitative estimate of drug-likeness (QED) is 0.713. The monoisotopic (exact) mass is 203 g/mol. The molecule has 1 rings (SSSR count). The number of phenolic OH excluding ortho intramolecular Hbond substituents is 1. The summed E-state index contributed by atoms with van der Waals surface area (Å²) < 4.78 is 13.0. The summed E-state index contributed by atoms with van der Waals surface area (Å²) in [6.45, 7) is -0.370. The summed E-state index contributed by atoms with van der Waals surface area (Å²) in [6, 6.07) is 2.17. The van der Waals surface area contributed by atoms with Crippen LogP contribution in [0, 0.1) is 5.82 Å². The van der Waals surface area contributed by atoms with Gasteiger partial charge in [0.05, 0.1) is 17.1 Å². The Kier molecular flexibility index (Phi) is 2.85. The molecule has 0 amide bonds. The first-order valence-corrected chi connectivity index (χ1v) is 3.86. The number of rotatable bonds is 2. The molecular weight excluding hydrogens is 197 g/mol. The standard InChI is InChI=1S/C8H7ClFNO2/c9-4-1-2-5(10)7(8(4)13)6(12)3-11/h1-2,13H,3,11H2. The van der Waals surface area contributed by atoms with E-state index in [0.29, 0.717) is 0 Å². The van der Waals surface area contributed by atoms with Gasteiger partial charge in [-0.15, -0.1) is 0 Å². The number of halogens is 2. The zero-order chi connectivity index (χ0) is 10.0. The Balaban J connectivity index is 3.33. The van der Waals surface area contributed by atoms with Crippen molar-refractivity contribution in [2.75, 3.05) is 6.54 Å². The number of nitrogens with two attached hydrogens (primary N) is 1. The number of ketones is 1. The zero-order valence-corrected chi connectivity index (χ0v) is 7.31. The van der Waals surface area contributed by atoms with Gasteiger partial charge in [-0.2, -0.15) is 0 Å². The van der Waals surface area contributed by atoms with Crippen LogP contribution < -0.4 is 5.73 Å². The number of hydrogen-bond donors (Lipinski definition) is 2. The van der Waals surface area contributed by atoms with Crippen molar-refractivity contribution in [3.8, 4) is 5.75 Å². The zero-order valence-electron chi connectivity index (χ0n) is 6.55. The topological polar surface area (TPSA) is 63.3 Å². The molecule has 0 aliphatic rings. The molecule has 0 saturated heterocycles. The molecule has 70 valence electrons. The van der Waals surface area contributed by atoms with E-state index in [2.05, 4.69) is 0 Å². The van der Waals surface area contributed by atoms with E-state index in [0.717, 1.165) is 6.07 Å². The molecule has 0 radical (unpaired) electrons. The highest BCUT2D eigenvalue weighted by Crippen LogP contribution is 2.29. The average Bonchev–Trinajstić information content (AvgIpc) is 2.12. The van der Waals surface area contributed by atoms with Crippen LogP contribution in [0.4, 0.5) is 4.39 Å². The minimum atomic E-state index is -0.822. The molecule has 3 N–H and O–H groups in total. The molecule has 1 aromatic carbocycles. The third-order valence-electron chi connectivity index (χ3n) is 1.54. The van der Waals surface area contributed by atoms with Crippen LogP contribution in [-0.2, 0) is 0 Å². The Morgan fingerprint density at radius 3 is 2.77 bits per heavy atom. The van der Waals surface area contributed by atoms with Crippen molar-refractivity contribution in [2.45, 2.75) is 0 Å². The lowest BCUT2D eigenvalue weighted by Crippen LogP contribution is -2.15. The number of aromatic hydroxyl groups is 1. The lowest BCUT2D eigenvalue weighted by atomic mass is 10.1. The van der Waals surface area contributed by atoms with E-state index in [4.69, 9.17) is 17.3 Å². The van der Waals surface area contributed by atoms with Crippen molar-refractivity contribution in [2.24, 2.45) is 5.73 Å². The second kappa shape index (κ2) is 3.72. The molecule has 0 atom stereocenters. The molecule has 3 nitrogen and oxygen atoms in total. The maximum Gasteiger partial charge on any atom is 0.183 e. The van der Waals surface area contributed by atoms with Crippen molar-refractivity contribution in [1.82, 2.24) is 0 Å². The first-order valence-electron chi connectivity index (χ1n) is 3.48. The first-order chi connectivity index (χ1) is 6.07. The Labute approximate surface area is 78.9 Å². The van der Waals surface area contributed by atoms with E-state index in [1.54, 1.807) is 0 Å². The van der Waals surface area contributed by atoms with Crippen molar-refractivity contribution in [3.05, 3.63) is 28.5 Å². The Bertz CT molecular complexity index is 354. The molecule has 5 heteroatoms. The van der Waals surface area contributed by atoms with Gasteiger partial charge in [-0.1, -0.05) is 11.6 Å². The normalized spacial score (nSPS) is 10.1. The van der Waals surface area contributed by atoms with Gasteiger partial charge < -0.3 is 10.8 Å². The summed E-state index contributed by atoms with van der Waals surface area (Å²) in [5.74, 6) is -2.06. The summed E-state index contributed by atoms with van der Waals surface area (Å²) in [6.07, 6.45) is 0. The fourth-order valence-electron chi connectivity index (χ4n) is 0.908. The highest BCUT2D eigenvalue weighted by atomic mass is 35.5. The third-order valence-corrected chi connectivity index (χ3v) is 1.85. The van der Waals surface area contributed by atoms with Crippen LogP contribution in [0.5, 0.6) is 5.75 Å². The van der Waals surface area contributed by atoms with Gasteiger partial charge in [-0.3, -0.25) is 4.79 Å². The summed E-state index contributed by atoms with van der Waals surface area (Å²) in [5, 5.41) is 9.16. The minimum absolute atomic E-state index is 0.0711. The van der Waals surface area contributed by atoms with Crippen LogP contribution in [0.15, 0.2) is 12.1 Å². The van der Waals surface area contributed by atoms with Gasteiger partial charge in [0.15, 0.2) is 5.78 Å². The lowest BCUT2D eigenvalue weighted by Gasteiger charge is -2.04. The molecule has 0 aliphatic carbocycles. The van der Waals surface area contributed by atoms with E-state index in [-0.39, 0.29) is 11.6 Å². The van der Waals surface area contributed by atoms with Crippen LogP contribution in [0.25, 0.3) is 0 Å². The highest BCUT2D eigenvalue weighted by molar-refractivity contribution is 6.32. The molecule has 0 fully saturated rings. The van der Waals surface area contributed by atoms with Gasteiger partial charge in [-0.25, -0.2) is 4.39 Å². The van der Waals surface area contributed by atoms with E-state index in [1.807, 2.05) is 0 Å². The van der Waals surface area contributed by atoms with Crippen molar-refractivity contribution >= 4 is 17.4 Å². The molecule has 0 bridgehead atoms. The summed E-state index contributed by atoms with van der Waals surface area (Å²) in [4.78, 5) is 11.0. The molecule has 0 heterocycles. The summed E-state index contributed by atoms with van der Waals surface area (Å²) in [7, 11) is 0. The SMILES string of the molecule is NCC(=O)c1c(F)ccc(Cl)c1O. The van der Waals surface area contributed by atoms with Gasteiger partial charge in [0.2, 0.25) is 0 Å². The Morgan fingerprint density at radius 2 is 2.23 bits per heavy atom. The second-order valence-electron chi connectivity index (χ2n) is 2.38. The van der Waals surface area contributed by atoms with Gasteiger partial charge >= 0.3 is 0 Å². The van der Waals surface area contributed by atoms with Crippen LogP contribution in [-0.4, -0.2) is 17.4 Å². The maximum atomic E-state index is 13.0. The van der Waals surface area contributed by atoms with Gasteiger partial charge in [-0.05, 0) is 12.1 Å². The highest BCUT2D eigenvalue weighted by Gasteiger charge is 2.17. The number of benzene rings is 1. The molecule has 0 saturated carbocycles. The van der Waals surface area contributed by atoms with Crippen molar-refractivity contribution < 1.29 is 14.3 Å². The van der Waals surface area contributed by atoms with Gasteiger partial charge in [0.1, 0.15) is 11.6 Å². The van der Waals surface area contributed by atoms with Gasteiger partial charge in [0.25, 0.3) is 0 Å². The number of carbonyl (C=O) groups excluding carboxylic acids is 1. The summed E-state index contributed by atoms with van der Waals surface area (Å²) in [5.41, 5.74) is 4.57. The number of phenols is 1. The Morgan fingerprint density at radius 1 is 1.62 bits per heavy atom. The van der Waals surface area contributed by atoms with Crippen LogP contribution in [0.2, 0.25) is 5.02 Å². The number of hydrogen-bond acceptors (Lipinski definition) is 3. The van der Waals surface area contributed by atoms with Crippen molar-refractivity contribution in [3.63, 3.8) is 0 Å². The van der Waals surface area contributed by atoms with Crippen LogP contribution in [0.3, 0.4) is 0 Å². The fraction of sp³-hybridized carbons (Fsp3) is 0.125. The minimum Gasteiger partial charge on any atom is -0.506 e. The molecule has 0 spiro atoms. The van der Waals surface area contributed by atoms with Gasteiger partial charge in [0, 0.05) is 0 Å². The van der Waals surface area contributed by atoms with E-state index in [1.165, 1.54) is 6.07 Å². The smallest absolute Gasteiger partial charge is 0.183 e. The van der Waals surface area contributed by atoms with Crippen LogP contribution >= 0.6 is 11.6 Å². The molecule has 0 aliphatic heterocycles. The molecule has 1 aromatic rings. The van der Waals surface area contributed by atoms with Crippen molar-refractivity contribution in [1.29, 1.82) is 0 Å². The molecule has 0 aromatic heterocycles. The van der Waals surface area contributed by atoms with Crippen LogP contribution in [0.1, 0.15) is 10.4 Å². The largest absolute Gasteiger partial charge is 0.506 e. The number of carbonyl (C=O) groups is 1. The molecule has 0 unspecified atom stereocenters. The maximum absolute atomic E-state index is 13.0. The van der Waals surface area contributed by atoms with E-state index < -0.39 is 22.9 Å². The lowest BCUT2D eigenvalue weighted by molar-refractivity contribution is 0.0995. The predicted molar refractivity (Wildman–Crippen MR) is 46.5 cm³/mol. The average molecular weight is 204 g/mol. The van der Waals surface area contributed by atoms with E-state index in [9.17, 15) is 14.3 Å². The summed E-state index contributed by atoms with van der Waals surface area (Å²) >= 11 is 5.48. The third kappa shape index (κ3) is 1.79. The molecular formula is C8H7ClFNO2. The Hall–Kier alpha value is -1.13. The molecule has 13 heavy (non-hydrogen) atoms. The first kappa shape index (κ1) is 9.95. The fourth-order valence-corrected chi connectivity index (χ4v) is 1.07. The number of Topliss-reactive ketones (excluding diaryl/α,β-unsaturated/α-hetero) is 1. The van der Waals surface area contributed by atoms with E-state index >= 15 is 0 Å².